The Labute approximate surface area is 97.0 Å². The molecule has 0 aliphatic heterocycles. The van der Waals surface area contributed by atoms with Crippen LogP contribution < -0.4 is 4.74 Å². The number of carbonyl (C=O) groups is 1. The zero-order valence-electron chi connectivity index (χ0n) is 8.54. The molecule has 100 valence electrons. The molecule has 0 unspecified atom stereocenters. The highest BCUT2D eigenvalue weighted by molar-refractivity contribution is 5.85. The quantitative estimate of drug-likeness (QED) is 0.854. The predicted octanol–water partition coefficient (Wildman–Crippen LogP) is 2.36. The standard InChI is InChI=1S/C9H6F5NO3/c10-8(11,9(12,13)14)4-18-5-1-2-6(7(16)17)15-3-5/h1-3H,4H2,(H,16,17). The van der Waals surface area contributed by atoms with Crippen molar-refractivity contribution in [3.05, 3.63) is 24.0 Å². The van der Waals surface area contributed by atoms with Crippen LogP contribution in [-0.4, -0.2) is 34.8 Å². The molecule has 0 atom stereocenters. The van der Waals surface area contributed by atoms with Gasteiger partial charge in [-0.25, -0.2) is 9.78 Å². The van der Waals surface area contributed by atoms with Gasteiger partial charge in [0.05, 0.1) is 6.20 Å². The molecule has 18 heavy (non-hydrogen) atoms. The lowest BCUT2D eigenvalue weighted by Gasteiger charge is -2.19. The van der Waals surface area contributed by atoms with E-state index >= 15 is 0 Å². The molecule has 1 rings (SSSR count). The van der Waals surface area contributed by atoms with Gasteiger partial charge in [-0.1, -0.05) is 0 Å². The summed E-state index contributed by atoms with van der Waals surface area (Å²) in [5.74, 6) is -6.73. The maximum absolute atomic E-state index is 12.5. The molecule has 9 heteroatoms. The van der Waals surface area contributed by atoms with E-state index in [-0.39, 0.29) is 11.4 Å². The minimum atomic E-state index is -5.71. The molecule has 0 aromatic carbocycles. The number of ether oxygens (including phenoxy) is 1. The maximum atomic E-state index is 12.5. The number of alkyl halides is 5. The van der Waals surface area contributed by atoms with Gasteiger partial charge in [0.25, 0.3) is 0 Å². The van der Waals surface area contributed by atoms with Gasteiger partial charge in [-0.2, -0.15) is 22.0 Å². The Kier molecular flexibility index (Phi) is 3.73. The number of pyridine rings is 1. The smallest absolute Gasteiger partial charge is 0.456 e. The van der Waals surface area contributed by atoms with Crippen LogP contribution in [0, 0.1) is 0 Å². The third-order valence-corrected chi connectivity index (χ3v) is 1.79. The van der Waals surface area contributed by atoms with Crippen LogP contribution in [0.25, 0.3) is 0 Å². The van der Waals surface area contributed by atoms with Crippen molar-refractivity contribution in [3.63, 3.8) is 0 Å². The predicted molar refractivity (Wildman–Crippen MR) is 47.7 cm³/mol. The van der Waals surface area contributed by atoms with Crippen LogP contribution in [0.2, 0.25) is 0 Å². The van der Waals surface area contributed by atoms with Crippen molar-refractivity contribution in [2.45, 2.75) is 12.1 Å². The minimum Gasteiger partial charge on any atom is -0.485 e. The molecule has 1 heterocycles. The van der Waals surface area contributed by atoms with Crippen LogP contribution in [0.15, 0.2) is 18.3 Å². The lowest BCUT2D eigenvalue weighted by atomic mass is 10.3. The van der Waals surface area contributed by atoms with E-state index in [4.69, 9.17) is 5.11 Å². The van der Waals surface area contributed by atoms with E-state index in [9.17, 15) is 26.7 Å². The summed E-state index contributed by atoms with van der Waals surface area (Å²) in [7, 11) is 0. The number of carboxylic acids is 1. The largest absolute Gasteiger partial charge is 0.485 e. The number of aromatic carboxylic acids is 1. The summed E-state index contributed by atoms with van der Waals surface area (Å²) in [6, 6.07) is 1.85. The molecule has 0 spiro atoms. The first-order valence-electron chi connectivity index (χ1n) is 4.40. The van der Waals surface area contributed by atoms with Crippen LogP contribution in [-0.2, 0) is 0 Å². The molecule has 1 aromatic heterocycles. The number of halogens is 5. The second-order valence-electron chi connectivity index (χ2n) is 3.18. The second kappa shape index (κ2) is 4.75. The molecular weight excluding hydrogens is 265 g/mol. The summed E-state index contributed by atoms with van der Waals surface area (Å²) in [4.78, 5) is 13.7. The van der Waals surface area contributed by atoms with Crippen molar-refractivity contribution in [3.8, 4) is 5.75 Å². The summed E-state index contributed by atoms with van der Waals surface area (Å²) >= 11 is 0. The van der Waals surface area contributed by atoms with Crippen molar-refractivity contribution in [2.24, 2.45) is 0 Å². The summed E-state index contributed by atoms with van der Waals surface area (Å²) in [5, 5.41) is 8.47. The normalized spacial score (nSPS) is 12.3. The van der Waals surface area contributed by atoms with Crippen LogP contribution in [0.4, 0.5) is 22.0 Å². The third-order valence-electron chi connectivity index (χ3n) is 1.79. The van der Waals surface area contributed by atoms with Gasteiger partial charge in [0.2, 0.25) is 0 Å². The average molecular weight is 271 g/mol. The van der Waals surface area contributed by atoms with E-state index in [1.807, 2.05) is 0 Å². The fraction of sp³-hybridized carbons (Fsp3) is 0.333. The van der Waals surface area contributed by atoms with Gasteiger partial charge in [-0.15, -0.1) is 0 Å². The van der Waals surface area contributed by atoms with E-state index < -0.39 is 24.7 Å². The maximum Gasteiger partial charge on any atom is 0.456 e. The van der Waals surface area contributed by atoms with E-state index in [0.29, 0.717) is 0 Å². The molecular formula is C9H6F5NO3. The molecule has 0 fully saturated rings. The molecule has 4 nitrogen and oxygen atoms in total. The van der Waals surface area contributed by atoms with Crippen molar-refractivity contribution < 1.29 is 36.6 Å². The topological polar surface area (TPSA) is 59.4 Å². The van der Waals surface area contributed by atoms with Gasteiger partial charge < -0.3 is 9.84 Å². The highest BCUT2D eigenvalue weighted by Gasteiger charge is 2.58. The minimum absolute atomic E-state index is 0.384. The molecule has 0 aliphatic carbocycles. The van der Waals surface area contributed by atoms with Crippen molar-refractivity contribution in [1.82, 2.24) is 4.98 Å². The number of aromatic nitrogens is 1. The zero-order chi connectivity index (χ0) is 14.0. The van der Waals surface area contributed by atoms with Gasteiger partial charge in [-0.3, -0.25) is 0 Å². The van der Waals surface area contributed by atoms with E-state index in [2.05, 4.69) is 9.72 Å². The Hall–Kier alpha value is -1.93. The van der Waals surface area contributed by atoms with Crippen molar-refractivity contribution in [2.75, 3.05) is 6.61 Å². The van der Waals surface area contributed by atoms with Gasteiger partial charge >= 0.3 is 18.1 Å². The number of carboxylic acid groups (broad SMARTS) is 1. The van der Waals surface area contributed by atoms with Crippen LogP contribution >= 0.6 is 0 Å². The highest BCUT2D eigenvalue weighted by Crippen LogP contribution is 2.35. The zero-order valence-corrected chi connectivity index (χ0v) is 8.54. The number of hydrogen-bond acceptors (Lipinski definition) is 3. The molecule has 0 amide bonds. The molecule has 1 aromatic rings. The molecule has 0 saturated carbocycles. The van der Waals surface area contributed by atoms with Gasteiger partial charge in [0.1, 0.15) is 11.4 Å². The number of hydrogen-bond donors (Lipinski definition) is 1. The Morgan fingerprint density at radius 1 is 1.28 bits per heavy atom. The number of rotatable bonds is 4. The van der Waals surface area contributed by atoms with E-state index in [0.717, 1.165) is 18.3 Å². The van der Waals surface area contributed by atoms with E-state index in [1.54, 1.807) is 0 Å². The fourth-order valence-corrected chi connectivity index (χ4v) is 0.848. The summed E-state index contributed by atoms with van der Waals surface area (Å²) in [6.45, 7) is -1.90. The first-order valence-corrected chi connectivity index (χ1v) is 4.40. The summed E-state index contributed by atoms with van der Waals surface area (Å²) in [5.41, 5.74) is -0.384. The summed E-state index contributed by atoms with van der Waals surface area (Å²) in [6.07, 6.45) is -4.96. The first-order chi connectivity index (χ1) is 8.13. The van der Waals surface area contributed by atoms with Gasteiger partial charge in [-0.05, 0) is 12.1 Å². The van der Waals surface area contributed by atoms with Crippen LogP contribution in [0.3, 0.4) is 0 Å². The van der Waals surface area contributed by atoms with Crippen LogP contribution in [0.1, 0.15) is 10.5 Å². The van der Waals surface area contributed by atoms with Crippen molar-refractivity contribution in [1.29, 1.82) is 0 Å². The Morgan fingerprint density at radius 2 is 1.89 bits per heavy atom. The molecule has 1 N–H and O–H groups in total. The molecule has 0 radical (unpaired) electrons. The summed E-state index contributed by atoms with van der Waals surface area (Å²) < 4.78 is 64.5. The third kappa shape index (κ3) is 3.28. The molecule has 0 bridgehead atoms. The number of nitrogens with zero attached hydrogens (tertiary/aromatic N) is 1. The highest BCUT2D eigenvalue weighted by atomic mass is 19.4. The monoisotopic (exact) mass is 271 g/mol. The fourth-order valence-electron chi connectivity index (χ4n) is 0.848. The molecule has 0 saturated heterocycles. The van der Waals surface area contributed by atoms with Gasteiger partial charge in [0.15, 0.2) is 6.61 Å². The van der Waals surface area contributed by atoms with Crippen molar-refractivity contribution >= 4 is 5.97 Å². The Balaban J connectivity index is 2.67. The lowest BCUT2D eigenvalue weighted by molar-refractivity contribution is -0.290. The second-order valence-corrected chi connectivity index (χ2v) is 3.18. The average Bonchev–Trinajstić information content (AvgIpc) is 2.25. The SMILES string of the molecule is O=C(O)c1ccc(OCC(F)(F)C(F)(F)F)cn1. The molecule has 0 aliphatic rings. The first kappa shape index (κ1) is 14.1. The van der Waals surface area contributed by atoms with Gasteiger partial charge in [0, 0.05) is 0 Å². The van der Waals surface area contributed by atoms with E-state index in [1.165, 1.54) is 0 Å². The Morgan fingerprint density at radius 3 is 2.28 bits per heavy atom. The lowest BCUT2D eigenvalue weighted by Crippen LogP contribution is -2.41. The Bertz CT molecular complexity index is 429. The van der Waals surface area contributed by atoms with Crippen LogP contribution in [0.5, 0.6) is 5.75 Å².